The van der Waals surface area contributed by atoms with Crippen LogP contribution in [0.3, 0.4) is 0 Å². The molecule has 3 fully saturated rings. The Balaban J connectivity index is 0.000000309. The Labute approximate surface area is 147 Å². The van der Waals surface area contributed by atoms with Crippen molar-refractivity contribution in [2.75, 3.05) is 33.2 Å². The van der Waals surface area contributed by atoms with Crippen molar-refractivity contribution < 1.29 is 0 Å². The van der Waals surface area contributed by atoms with Gasteiger partial charge in [-0.3, -0.25) is 0 Å². The second-order valence-corrected chi connectivity index (χ2v) is 7.73. The number of nitrogens with one attached hydrogen (secondary N) is 1. The number of hydrogen-bond acceptors (Lipinski definition) is 2. The average Bonchev–Trinajstić information content (AvgIpc) is 2.57. The van der Waals surface area contributed by atoms with Crippen molar-refractivity contribution in [3.8, 4) is 0 Å². The molecule has 1 aliphatic heterocycles. The Kier molecular flexibility index (Phi) is 15.4. The van der Waals surface area contributed by atoms with Crippen molar-refractivity contribution in [2.45, 2.75) is 86.0 Å². The lowest BCUT2D eigenvalue weighted by atomic mass is 9.82. The molecule has 140 valence electrons. The molecule has 2 saturated carbocycles. The molecule has 0 bridgehead atoms. The topological polar surface area (TPSA) is 15.3 Å². The molecule has 0 atom stereocenters. The lowest BCUT2D eigenvalue weighted by Gasteiger charge is -2.24. The van der Waals surface area contributed by atoms with E-state index in [2.05, 4.69) is 38.0 Å². The van der Waals surface area contributed by atoms with Crippen molar-refractivity contribution in [1.29, 1.82) is 0 Å². The van der Waals surface area contributed by atoms with E-state index in [4.69, 9.17) is 0 Å². The smallest absolute Gasteiger partial charge is 0.0104 e. The summed E-state index contributed by atoms with van der Waals surface area (Å²) in [6.45, 7) is 15.8. The summed E-state index contributed by atoms with van der Waals surface area (Å²) in [5.74, 6) is 3.05. The van der Waals surface area contributed by atoms with Gasteiger partial charge in [0.1, 0.15) is 0 Å². The van der Waals surface area contributed by atoms with Gasteiger partial charge in [0.15, 0.2) is 0 Å². The van der Waals surface area contributed by atoms with Gasteiger partial charge in [-0.05, 0) is 24.8 Å². The summed E-state index contributed by atoms with van der Waals surface area (Å²) in [7, 11) is 2.15. The van der Waals surface area contributed by atoms with Crippen LogP contribution < -0.4 is 5.32 Å². The zero-order chi connectivity index (χ0) is 17.5. The Morgan fingerprint density at radius 2 is 1.30 bits per heavy atom. The van der Waals surface area contributed by atoms with Gasteiger partial charge < -0.3 is 10.2 Å². The van der Waals surface area contributed by atoms with E-state index in [1.165, 1.54) is 64.5 Å². The number of hydrogen-bond donors (Lipinski definition) is 1. The Morgan fingerprint density at radius 1 is 0.826 bits per heavy atom. The Hall–Kier alpha value is -0.0800. The van der Waals surface area contributed by atoms with Crippen LogP contribution in [0, 0.1) is 17.8 Å². The van der Waals surface area contributed by atoms with Crippen molar-refractivity contribution in [3.63, 3.8) is 0 Å². The molecule has 0 aromatic carbocycles. The third-order valence-electron chi connectivity index (χ3n) is 5.33. The van der Waals surface area contributed by atoms with Crippen LogP contribution >= 0.6 is 0 Å². The van der Waals surface area contributed by atoms with E-state index in [1.54, 1.807) is 0 Å². The van der Waals surface area contributed by atoms with Gasteiger partial charge in [0, 0.05) is 26.2 Å². The average molecular weight is 327 g/mol. The van der Waals surface area contributed by atoms with Crippen LogP contribution in [0.1, 0.15) is 86.0 Å². The monoisotopic (exact) mass is 326 g/mol. The molecule has 0 aromatic heterocycles. The highest BCUT2D eigenvalue weighted by atomic mass is 15.2. The molecule has 1 heterocycles. The van der Waals surface area contributed by atoms with Crippen LogP contribution in [-0.4, -0.2) is 38.1 Å². The minimum Gasteiger partial charge on any atom is -0.314 e. The molecule has 0 unspecified atom stereocenters. The fraction of sp³-hybridized carbons (Fsp3) is 1.00. The van der Waals surface area contributed by atoms with Gasteiger partial charge in [-0.25, -0.2) is 0 Å². The zero-order valence-electron chi connectivity index (χ0n) is 17.2. The summed E-state index contributed by atoms with van der Waals surface area (Å²) >= 11 is 0. The van der Waals surface area contributed by atoms with E-state index in [0.29, 0.717) is 0 Å². The summed E-state index contributed by atoms with van der Waals surface area (Å²) in [5.41, 5.74) is 0. The zero-order valence-corrected chi connectivity index (χ0v) is 17.2. The second kappa shape index (κ2) is 15.4. The minimum atomic E-state index is 0.935. The number of rotatable bonds is 1. The molecule has 0 amide bonds. The van der Waals surface area contributed by atoms with Crippen molar-refractivity contribution >= 4 is 0 Å². The van der Waals surface area contributed by atoms with Gasteiger partial charge in [0.2, 0.25) is 0 Å². The summed E-state index contributed by atoms with van der Waals surface area (Å²) in [4.78, 5) is 2.33. The minimum absolute atomic E-state index is 0.935. The van der Waals surface area contributed by atoms with Crippen molar-refractivity contribution in [3.05, 3.63) is 0 Å². The molecule has 23 heavy (non-hydrogen) atoms. The Bertz CT molecular complexity index is 224. The molecular formula is C21H46N2. The van der Waals surface area contributed by atoms with Crippen LogP contribution in [0.4, 0.5) is 0 Å². The van der Waals surface area contributed by atoms with Crippen LogP contribution in [0.15, 0.2) is 0 Å². The summed E-state index contributed by atoms with van der Waals surface area (Å²) in [6, 6.07) is 0. The molecule has 0 aromatic rings. The molecule has 2 aliphatic carbocycles. The molecule has 3 aliphatic rings. The lowest BCUT2D eigenvalue weighted by Crippen LogP contribution is -2.40. The van der Waals surface area contributed by atoms with Gasteiger partial charge in [-0.15, -0.1) is 0 Å². The number of nitrogens with zero attached hydrogens (tertiary/aromatic N) is 1. The van der Waals surface area contributed by atoms with Gasteiger partial charge in [0.25, 0.3) is 0 Å². The van der Waals surface area contributed by atoms with Gasteiger partial charge >= 0.3 is 0 Å². The lowest BCUT2D eigenvalue weighted by molar-refractivity contribution is 0.279. The SMILES string of the molecule is CC.CC(C)C1CCCCC1.CC1CCC1.CN1CCNCC1. The van der Waals surface area contributed by atoms with E-state index in [-0.39, 0.29) is 0 Å². The highest BCUT2D eigenvalue weighted by Crippen LogP contribution is 2.29. The van der Waals surface area contributed by atoms with Crippen LogP contribution in [-0.2, 0) is 0 Å². The molecule has 0 spiro atoms. The first-order valence-electron chi connectivity index (χ1n) is 10.5. The normalized spacial score (nSPS) is 22.6. The van der Waals surface area contributed by atoms with Crippen molar-refractivity contribution in [2.24, 2.45) is 17.8 Å². The third kappa shape index (κ3) is 12.9. The Morgan fingerprint density at radius 3 is 1.52 bits per heavy atom. The van der Waals surface area contributed by atoms with Gasteiger partial charge in [-0.1, -0.05) is 86.0 Å². The second-order valence-electron chi connectivity index (χ2n) is 7.73. The van der Waals surface area contributed by atoms with Crippen molar-refractivity contribution in [1.82, 2.24) is 10.2 Å². The van der Waals surface area contributed by atoms with Gasteiger partial charge in [-0.2, -0.15) is 0 Å². The number of piperazine rings is 1. The molecule has 2 nitrogen and oxygen atoms in total. The first-order valence-corrected chi connectivity index (χ1v) is 10.5. The summed E-state index contributed by atoms with van der Waals surface area (Å²) in [5, 5.41) is 3.27. The van der Waals surface area contributed by atoms with Crippen LogP contribution in [0.2, 0.25) is 0 Å². The van der Waals surface area contributed by atoms with E-state index >= 15 is 0 Å². The highest BCUT2D eigenvalue weighted by Gasteiger charge is 2.15. The molecule has 0 radical (unpaired) electrons. The van der Waals surface area contributed by atoms with E-state index in [1.807, 2.05) is 13.8 Å². The van der Waals surface area contributed by atoms with Crippen LogP contribution in [0.25, 0.3) is 0 Å². The largest absolute Gasteiger partial charge is 0.314 e. The maximum Gasteiger partial charge on any atom is 0.0104 e. The molecule has 1 saturated heterocycles. The maximum atomic E-state index is 3.27. The molecule has 1 N–H and O–H groups in total. The highest BCUT2D eigenvalue weighted by molar-refractivity contribution is 4.67. The first kappa shape index (κ1) is 22.9. The third-order valence-corrected chi connectivity index (χ3v) is 5.33. The standard InChI is InChI=1S/C9H18.C5H12N2.C5H10.C2H6/c1-8(2)9-6-4-3-5-7-9;1-7-4-2-6-3-5-7;1-5-3-2-4-5;1-2/h8-9H,3-7H2,1-2H3;6H,2-5H2,1H3;5H,2-4H2,1H3;1-2H3. The summed E-state index contributed by atoms with van der Waals surface area (Å²) in [6.07, 6.45) is 11.9. The molecule has 3 rings (SSSR count). The molecular weight excluding hydrogens is 280 g/mol. The summed E-state index contributed by atoms with van der Waals surface area (Å²) < 4.78 is 0. The quantitative estimate of drug-likeness (QED) is 0.677. The fourth-order valence-electron chi connectivity index (χ4n) is 3.19. The van der Waals surface area contributed by atoms with Crippen LogP contribution in [0.5, 0.6) is 0 Å². The number of likely N-dealkylation sites (N-methyl/N-ethyl adjacent to an activating group) is 1. The predicted octanol–water partition coefficient (Wildman–Crippen LogP) is 5.58. The maximum absolute atomic E-state index is 3.27. The predicted molar refractivity (Wildman–Crippen MR) is 106 cm³/mol. The fourth-order valence-corrected chi connectivity index (χ4v) is 3.19. The van der Waals surface area contributed by atoms with E-state index in [0.717, 1.165) is 30.8 Å². The molecule has 2 heteroatoms. The van der Waals surface area contributed by atoms with E-state index < -0.39 is 0 Å². The van der Waals surface area contributed by atoms with Gasteiger partial charge in [0.05, 0.1) is 0 Å². The van der Waals surface area contributed by atoms with E-state index in [9.17, 15) is 0 Å². The first-order chi connectivity index (χ1) is 11.1.